The van der Waals surface area contributed by atoms with Crippen molar-refractivity contribution in [3.63, 3.8) is 0 Å². The number of nitrogens with zero attached hydrogens (tertiary/aromatic N) is 1. The fraction of sp³-hybridized carbons (Fsp3) is 0.154. The average Bonchev–Trinajstić information content (AvgIpc) is 3.10. The third-order valence-corrected chi connectivity index (χ3v) is 5.68. The van der Waals surface area contributed by atoms with Crippen molar-refractivity contribution in [2.24, 2.45) is 0 Å². The van der Waals surface area contributed by atoms with Gasteiger partial charge in [-0.2, -0.15) is 0 Å². The number of hydrogen-bond acceptors (Lipinski definition) is 5. The maximum absolute atomic E-state index is 13.2. The molecular formula is C26H22ClNO5. The van der Waals surface area contributed by atoms with E-state index in [1.807, 2.05) is 13.0 Å². The number of halogens is 1. The highest BCUT2D eigenvalue weighted by molar-refractivity contribution is 6.51. The molecule has 0 radical (unpaired) electrons. The van der Waals surface area contributed by atoms with E-state index in [1.165, 1.54) is 18.1 Å². The molecule has 0 spiro atoms. The summed E-state index contributed by atoms with van der Waals surface area (Å²) in [7, 11) is 1.48. The summed E-state index contributed by atoms with van der Waals surface area (Å²) < 4.78 is 10.8. The predicted molar refractivity (Wildman–Crippen MR) is 127 cm³/mol. The molecule has 168 valence electrons. The van der Waals surface area contributed by atoms with Gasteiger partial charge in [0.05, 0.1) is 30.4 Å². The van der Waals surface area contributed by atoms with Crippen LogP contribution in [0.1, 0.15) is 24.1 Å². The van der Waals surface area contributed by atoms with Crippen molar-refractivity contribution < 1.29 is 24.2 Å². The van der Waals surface area contributed by atoms with Crippen LogP contribution >= 0.6 is 11.6 Å². The molecule has 0 aliphatic carbocycles. The van der Waals surface area contributed by atoms with Crippen LogP contribution in [0.15, 0.2) is 78.4 Å². The lowest BCUT2D eigenvalue weighted by atomic mass is 9.95. The van der Waals surface area contributed by atoms with Gasteiger partial charge in [-0.15, -0.1) is 0 Å². The van der Waals surface area contributed by atoms with Gasteiger partial charge < -0.3 is 14.6 Å². The van der Waals surface area contributed by atoms with E-state index >= 15 is 0 Å². The van der Waals surface area contributed by atoms with Crippen molar-refractivity contribution in [1.29, 1.82) is 0 Å². The minimum absolute atomic E-state index is 0.0289. The minimum Gasteiger partial charge on any atom is -0.507 e. The lowest BCUT2D eigenvalue weighted by Crippen LogP contribution is -2.29. The Bertz CT molecular complexity index is 1240. The Labute approximate surface area is 196 Å². The van der Waals surface area contributed by atoms with Gasteiger partial charge in [0.1, 0.15) is 17.3 Å². The zero-order valence-electron chi connectivity index (χ0n) is 18.1. The van der Waals surface area contributed by atoms with Crippen LogP contribution < -0.4 is 14.4 Å². The predicted octanol–water partition coefficient (Wildman–Crippen LogP) is 5.37. The number of amides is 1. The molecular weight excluding hydrogens is 442 g/mol. The summed E-state index contributed by atoms with van der Waals surface area (Å²) >= 11 is 6.24. The summed E-state index contributed by atoms with van der Waals surface area (Å²) in [5.41, 5.74) is 1.44. The number of benzene rings is 3. The molecule has 7 heteroatoms. The average molecular weight is 464 g/mol. The molecule has 0 aromatic heterocycles. The lowest BCUT2D eigenvalue weighted by molar-refractivity contribution is -0.132. The van der Waals surface area contributed by atoms with Crippen molar-refractivity contribution in [1.82, 2.24) is 0 Å². The number of para-hydroxylation sites is 1. The van der Waals surface area contributed by atoms with E-state index in [0.29, 0.717) is 34.9 Å². The van der Waals surface area contributed by atoms with Crippen LogP contribution in [-0.2, 0) is 9.59 Å². The number of anilines is 1. The molecule has 0 bridgehead atoms. The molecule has 3 aromatic rings. The van der Waals surface area contributed by atoms with Gasteiger partial charge in [0.2, 0.25) is 0 Å². The Morgan fingerprint density at radius 2 is 1.79 bits per heavy atom. The van der Waals surface area contributed by atoms with Crippen LogP contribution in [0.25, 0.3) is 5.76 Å². The first kappa shape index (κ1) is 22.4. The molecule has 33 heavy (non-hydrogen) atoms. The van der Waals surface area contributed by atoms with Crippen molar-refractivity contribution in [2.45, 2.75) is 13.0 Å². The molecule has 0 saturated carbocycles. The smallest absolute Gasteiger partial charge is 0.300 e. The first-order valence-electron chi connectivity index (χ1n) is 10.4. The van der Waals surface area contributed by atoms with Gasteiger partial charge in [0, 0.05) is 11.3 Å². The second-order valence-electron chi connectivity index (χ2n) is 7.36. The van der Waals surface area contributed by atoms with Gasteiger partial charge in [0.25, 0.3) is 11.7 Å². The summed E-state index contributed by atoms with van der Waals surface area (Å²) in [5, 5.41) is 11.5. The van der Waals surface area contributed by atoms with Crippen LogP contribution in [0.2, 0.25) is 5.02 Å². The summed E-state index contributed by atoms with van der Waals surface area (Å²) in [4.78, 5) is 27.8. The second kappa shape index (κ2) is 9.38. The van der Waals surface area contributed by atoms with E-state index in [9.17, 15) is 14.7 Å². The number of aliphatic hydroxyl groups excluding tert-OH is 1. The second-order valence-corrected chi connectivity index (χ2v) is 7.77. The zero-order valence-corrected chi connectivity index (χ0v) is 18.9. The number of aliphatic hydroxyl groups is 1. The number of hydrogen-bond donors (Lipinski definition) is 1. The summed E-state index contributed by atoms with van der Waals surface area (Å²) in [6, 6.07) is 19.9. The normalized spacial score (nSPS) is 17.3. The largest absolute Gasteiger partial charge is 0.507 e. The van der Waals surface area contributed by atoms with Crippen molar-refractivity contribution in [3.8, 4) is 11.5 Å². The molecule has 1 heterocycles. The maximum Gasteiger partial charge on any atom is 0.300 e. The Morgan fingerprint density at radius 1 is 1.03 bits per heavy atom. The highest BCUT2D eigenvalue weighted by atomic mass is 35.5. The van der Waals surface area contributed by atoms with Crippen LogP contribution in [-0.4, -0.2) is 30.5 Å². The number of rotatable bonds is 6. The van der Waals surface area contributed by atoms with Crippen LogP contribution in [0.4, 0.5) is 5.69 Å². The number of carbonyl (C=O) groups is 2. The Balaban J connectivity index is 1.93. The molecule has 1 fully saturated rings. The molecule has 1 atom stereocenters. The van der Waals surface area contributed by atoms with E-state index in [4.69, 9.17) is 21.1 Å². The van der Waals surface area contributed by atoms with E-state index < -0.39 is 17.7 Å². The molecule has 3 aromatic carbocycles. The van der Waals surface area contributed by atoms with E-state index in [1.54, 1.807) is 60.7 Å². The van der Waals surface area contributed by atoms with Gasteiger partial charge >= 0.3 is 0 Å². The number of methoxy groups -OCH3 is 1. The minimum atomic E-state index is -0.853. The van der Waals surface area contributed by atoms with Crippen LogP contribution in [0.5, 0.6) is 11.5 Å². The molecule has 1 saturated heterocycles. The number of Topliss-reactive ketones (excluding diaryl/α,β-unsaturated/α-hetero) is 1. The fourth-order valence-corrected chi connectivity index (χ4v) is 4.17. The molecule has 1 N–H and O–H groups in total. The van der Waals surface area contributed by atoms with Gasteiger partial charge in [-0.05, 0) is 55.0 Å². The molecule has 4 rings (SSSR count). The van der Waals surface area contributed by atoms with Crippen molar-refractivity contribution in [2.75, 3.05) is 18.6 Å². The maximum atomic E-state index is 13.2. The summed E-state index contributed by atoms with van der Waals surface area (Å²) in [6.07, 6.45) is 0. The molecule has 6 nitrogen and oxygen atoms in total. The van der Waals surface area contributed by atoms with Gasteiger partial charge in [-0.1, -0.05) is 41.9 Å². The van der Waals surface area contributed by atoms with Crippen LogP contribution in [0, 0.1) is 0 Å². The fourth-order valence-electron chi connectivity index (χ4n) is 3.91. The Hall–Kier alpha value is -3.77. The van der Waals surface area contributed by atoms with E-state index in [2.05, 4.69) is 0 Å². The number of carbonyl (C=O) groups excluding carboxylic acids is 2. The molecule has 1 aliphatic heterocycles. The van der Waals surface area contributed by atoms with Crippen LogP contribution in [0.3, 0.4) is 0 Å². The third-order valence-electron chi connectivity index (χ3n) is 5.39. The zero-order chi connectivity index (χ0) is 23.5. The molecule has 1 unspecified atom stereocenters. The topological polar surface area (TPSA) is 76.1 Å². The highest BCUT2D eigenvalue weighted by Crippen LogP contribution is 2.43. The Kier molecular flexibility index (Phi) is 6.38. The summed E-state index contributed by atoms with van der Waals surface area (Å²) in [5.74, 6) is -0.799. The highest BCUT2D eigenvalue weighted by Gasteiger charge is 2.47. The van der Waals surface area contributed by atoms with Gasteiger partial charge in [-0.25, -0.2) is 0 Å². The lowest BCUT2D eigenvalue weighted by Gasteiger charge is -2.25. The van der Waals surface area contributed by atoms with Gasteiger partial charge in [-0.3, -0.25) is 14.5 Å². The number of ketones is 1. The monoisotopic (exact) mass is 463 g/mol. The van der Waals surface area contributed by atoms with E-state index in [-0.39, 0.29) is 16.4 Å². The van der Waals surface area contributed by atoms with Crippen molar-refractivity contribution in [3.05, 3.63) is 94.5 Å². The Morgan fingerprint density at radius 3 is 2.45 bits per heavy atom. The SMILES string of the molecule is CCOc1cccc(C2/C(=C(\O)c3ccc(OC)c(Cl)c3)C(=O)C(=O)N2c2ccccc2)c1. The molecule has 1 amide bonds. The van der Waals surface area contributed by atoms with Gasteiger partial charge in [0.15, 0.2) is 0 Å². The van der Waals surface area contributed by atoms with E-state index in [0.717, 1.165) is 0 Å². The van der Waals surface area contributed by atoms with Crippen molar-refractivity contribution >= 4 is 34.7 Å². The third kappa shape index (κ3) is 4.17. The number of ether oxygens (including phenoxy) is 2. The molecule has 1 aliphatic rings. The summed E-state index contributed by atoms with van der Waals surface area (Å²) in [6.45, 7) is 2.34. The standard InChI is InChI=1S/C26H22ClNO5/c1-3-33-19-11-7-8-16(14-19)23-22(24(29)17-12-13-21(32-2)20(27)15-17)25(30)26(31)28(23)18-9-5-4-6-10-18/h4-15,23,29H,3H2,1-2H3/b24-22+. The first-order valence-corrected chi connectivity index (χ1v) is 10.8. The quantitative estimate of drug-likeness (QED) is 0.302. The first-order chi connectivity index (χ1) is 16.0.